The van der Waals surface area contributed by atoms with Crippen molar-refractivity contribution in [2.45, 2.75) is 0 Å². The molecule has 0 fully saturated rings. The molecule has 114 valence electrons. The maximum atomic E-state index is 6.43. The Morgan fingerprint density at radius 3 is 2.83 bits per heavy atom. The van der Waals surface area contributed by atoms with Crippen LogP contribution in [0.2, 0.25) is 5.02 Å². The van der Waals surface area contributed by atoms with Crippen LogP contribution in [0, 0.1) is 0 Å². The molecule has 6 heteroatoms. The summed E-state index contributed by atoms with van der Waals surface area (Å²) < 4.78 is 7.33. The highest BCUT2D eigenvalue weighted by Gasteiger charge is 2.16. The fraction of sp³-hybridized carbons (Fsp3) is 0.0588. The van der Waals surface area contributed by atoms with E-state index in [1.807, 2.05) is 30.3 Å². The number of methoxy groups -OCH3 is 1. The average molecular weight is 342 g/mol. The minimum Gasteiger partial charge on any atom is -0.497 e. The van der Waals surface area contributed by atoms with Crippen molar-refractivity contribution >= 4 is 49.1 Å². The summed E-state index contributed by atoms with van der Waals surface area (Å²) >= 11 is 8.02. The number of fused-ring (bicyclic) bond motifs is 3. The third kappa shape index (κ3) is 2.20. The molecule has 4 rings (SSSR count). The molecule has 0 spiro atoms. The molecule has 0 amide bonds. The van der Waals surface area contributed by atoms with Gasteiger partial charge in [0.1, 0.15) is 17.9 Å². The molecule has 2 aromatic carbocycles. The highest BCUT2D eigenvalue weighted by Crippen LogP contribution is 2.42. The van der Waals surface area contributed by atoms with E-state index in [4.69, 9.17) is 22.1 Å². The summed E-state index contributed by atoms with van der Waals surface area (Å²) in [6.45, 7) is 0. The van der Waals surface area contributed by atoms with E-state index in [9.17, 15) is 0 Å². The van der Waals surface area contributed by atoms with Crippen LogP contribution in [0.25, 0.3) is 31.4 Å². The molecule has 2 aromatic heterocycles. The van der Waals surface area contributed by atoms with E-state index in [0.717, 1.165) is 37.2 Å². The first-order chi connectivity index (χ1) is 11.2. The quantitative estimate of drug-likeness (QED) is 0.571. The van der Waals surface area contributed by atoms with Gasteiger partial charge in [-0.1, -0.05) is 23.7 Å². The second-order valence-electron chi connectivity index (χ2n) is 5.06. The predicted octanol–water partition coefficient (Wildman–Crippen LogP) is 4.76. The van der Waals surface area contributed by atoms with Gasteiger partial charge >= 0.3 is 0 Å². The Balaban J connectivity index is 2.12. The molecular formula is C17H12ClN3OS. The maximum absolute atomic E-state index is 6.43. The zero-order chi connectivity index (χ0) is 16.0. The lowest BCUT2D eigenvalue weighted by molar-refractivity contribution is 0.415. The maximum Gasteiger partial charge on any atom is 0.144 e. The zero-order valence-electron chi connectivity index (χ0n) is 12.2. The van der Waals surface area contributed by atoms with Crippen molar-refractivity contribution in [2.24, 2.45) is 0 Å². The van der Waals surface area contributed by atoms with Crippen LogP contribution in [0.3, 0.4) is 0 Å². The van der Waals surface area contributed by atoms with Gasteiger partial charge < -0.3 is 10.5 Å². The lowest BCUT2D eigenvalue weighted by Gasteiger charge is -2.09. The first-order valence-corrected chi connectivity index (χ1v) is 8.14. The van der Waals surface area contributed by atoms with Crippen molar-refractivity contribution in [3.63, 3.8) is 0 Å². The third-order valence-electron chi connectivity index (χ3n) is 3.77. The number of benzene rings is 2. The summed E-state index contributed by atoms with van der Waals surface area (Å²) in [6, 6.07) is 11.7. The largest absolute Gasteiger partial charge is 0.497 e. The lowest BCUT2D eigenvalue weighted by Crippen LogP contribution is -1.90. The number of nitrogen functional groups attached to an aromatic ring is 1. The van der Waals surface area contributed by atoms with Crippen LogP contribution in [0.5, 0.6) is 5.75 Å². The van der Waals surface area contributed by atoms with Crippen molar-refractivity contribution in [2.75, 3.05) is 12.8 Å². The first kappa shape index (κ1) is 14.2. The SMILES string of the molecule is COc1ccc(Cl)c(-c2cccc3sc4c(N)ncnc4c23)c1. The topological polar surface area (TPSA) is 61.0 Å². The Morgan fingerprint density at radius 2 is 2.00 bits per heavy atom. The summed E-state index contributed by atoms with van der Waals surface area (Å²) in [6.07, 6.45) is 1.49. The molecular weight excluding hydrogens is 330 g/mol. The number of nitrogens with zero attached hydrogens (tertiary/aromatic N) is 2. The van der Waals surface area contributed by atoms with Crippen LogP contribution in [-0.4, -0.2) is 17.1 Å². The van der Waals surface area contributed by atoms with Crippen LogP contribution < -0.4 is 10.5 Å². The summed E-state index contributed by atoms with van der Waals surface area (Å²) in [7, 11) is 1.64. The molecule has 0 aliphatic rings. The van der Waals surface area contributed by atoms with E-state index in [-0.39, 0.29) is 0 Å². The second-order valence-corrected chi connectivity index (χ2v) is 6.52. The van der Waals surface area contributed by atoms with Gasteiger partial charge in [0.05, 0.1) is 17.3 Å². The van der Waals surface area contributed by atoms with Crippen LogP contribution in [-0.2, 0) is 0 Å². The fourth-order valence-corrected chi connectivity index (χ4v) is 4.00. The Labute approximate surface area is 141 Å². The van der Waals surface area contributed by atoms with Crippen molar-refractivity contribution in [1.82, 2.24) is 9.97 Å². The normalized spacial score (nSPS) is 11.2. The van der Waals surface area contributed by atoms with E-state index < -0.39 is 0 Å². The van der Waals surface area contributed by atoms with E-state index in [1.165, 1.54) is 6.33 Å². The number of thiophene rings is 1. The summed E-state index contributed by atoms with van der Waals surface area (Å²) in [5.41, 5.74) is 8.77. The van der Waals surface area contributed by atoms with E-state index in [0.29, 0.717) is 10.8 Å². The molecule has 2 N–H and O–H groups in total. The Morgan fingerprint density at radius 1 is 1.13 bits per heavy atom. The first-order valence-electron chi connectivity index (χ1n) is 6.94. The van der Waals surface area contributed by atoms with Gasteiger partial charge in [-0.25, -0.2) is 9.97 Å². The van der Waals surface area contributed by atoms with Gasteiger partial charge in [-0.05, 0) is 29.8 Å². The summed E-state index contributed by atoms with van der Waals surface area (Å²) in [4.78, 5) is 8.51. The van der Waals surface area contributed by atoms with Gasteiger partial charge in [-0.15, -0.1) is 11.3 Å². The number of hydrogen-bond acceptors (Lipinski definition) is 5. The monoisotopic (exact) mass is 341 g/mol. The molecule has 0 unspecified atom stereocenters. The minimum atomic E-state index is 0.499. The van der Waals surface area contributed by atoms with Crippen molar-refractivity contribution in [1.29, 1.82) is 0 Å². The molecule has 0 saturated heterocycles. The van der Waals surface area contributed by atoms with E-state index >= 15 is 0 Å². The molecule has 4 nitrogen and oxygen atoms in total. The van der Waals surface area contributed by atoms with Gasteiger partial charge in [0.2, 0.25) is 0 Å². The van der Waals surface area contributed by atoms with Gasteiger partial charge in [-0.2, -0.15) is 0 Å². The number of rotatable bonds is 2. The molecule has 0 radical (unpaired) electrons. The molecule has 0 atom stereocenters. The predicted molar refractivity (Wildman–Crippen MR) is 96.3 cm³/mol. The number of ether oxygens (including phenoxy) is 1. The zero-order valence-corrected chi connectivity index (χ0v) is 13.8. The van der Waals surface area contributed by atoms with Gasteiger partial charge in [0, 0.05) is 20.7 Å². The smallest absolute Gasteiger partial charge is 0.144 e. The number of halogens is 1. The average Bonchev–Trinajstić information content (AvgIpc) is 2.96. The number of aromatic nitrogens is 2. The van der Waals surface area contributed by atoms with E-state index in [2.05, 4.69) is 16.0 Å². The fourth-order valence-electron chi connectivity index (χ4n) is 2.70. The third-order valence-corrected chi connectivity index (χ3v) is 5.27. The Bertz CT molecular complexity index is 1040. The van der Waals surface area contributed by atoms with Crippen LogP contribution >= 0.6 is 22.9 Å². The van der Waals surface area contributed by atoms with Crippen molar-refractivity contribution < 1.29 is 4.74 Å². The standard InChI is InChI=1S/C17H12ClN3OS/c1-22-9-5-6-12(18)11(7-9)10-3-2-4-13-14(10)15-16(23-13)17(19)21-8-20-15/h2-8H,1H3,(H2,19,20,21). The highest BCUT2D eigenvalue weighted by atomic mass is 35.5. The van der Waals surface area contributed by atoms with Gasteiger partial charge in [-0.3, -0.25) is 0 Å². The Kier molecular flexibility index (Phi) is 3.32. The van der Waals surface area contributed by atoms with Crippen LogP contribution in [0.4, 0.5) is 5.82 Å². The van der Waals surface area contributed by atoms with Crippen molar-refractivity contribution in [3.05, 3.63) is 47.7 Å². The van der Waals surface area contributed by atoms with Crippen LogP contribution in [0.1, 0.15) is 0 Å². The van der Waals surface area contributed by atoms with Crippen molar-refractivity contribution in [3.8, 4) is 16.9 Å². The molecule has 0 aliphatic heterocycles. The van der Waals surface area contributed by atoms with E-state index in [1.54, 1.807) is 18.4 Å². The number of anilines is 1. The second kappa shape index (κ2) is 5.37. The minimum absolute atomic E-state index is 0.499. The molecule has 2 heterocycles. The summed E-state index contributed by atoms with van der Waals surface area (Å²) in [5, 5.41) is 1.71. The van der Waals surface area contributed by atoms with Gasteiger partial charge in [0.25, 0.3) is 0 Å². The lowest BCUT2D eigenvalue weighted by atomic mass is 10.0. The van der Waals surface area contributed by atoms with Crippen LogP contribution in [0.15, 0.2) is 42.7 Å². The number of hydrogen-bond donors (Lipinski definition) is 1. The molecule has 23 heavy (non-hydrogen) atoms. The van der Waals surface area contributed by atoms with Gasteiger partial charge in [0.15, 0.2) is 0 Å². The molecule has 4 aromatic rings. The molecule has 0 aliphatic carbocycles. The Hall–Kier alpha value is -2.37. The number of nitrogens with two attached hydrogens (primary N) is 1. The highest BCUT2D eigenvalue weighted by molar-refractivity contribution is 7.26. The summed E-state index contributed by atoms with van der Waals surface area (Å²) in [5.74, 6) is 1.26. The molecule has 0 bridgehead atoms. The molecule has 0 saturated carbocycles.